The molecular formula is C17H10F3NO2. The number of halogens is 3. The van der Waals surface area contributed by atoms with Crippen LogP contribution in [0, 0.1) is 24.4 Å². The zero-order chi connectivity index (χ0) is 16.7. The van der Waals surface area contributed by atoms with Crippen molar-refractivity contribution in [2.75, 3.05) is 0 Å². The first-order chi connectivity index (χ1) is 10.9. The standard InChI is InChI=1S/C17H10F3NO2/c1-8-4-9-2-3-10(17(22)23)5-12(9)16(21-8)15-13(19)6-11(18)7-14(15)20/h2-7H,1H3,(H,22,23). The summed E-state index contributed by atoms with van der Waals surface area (Å²) in [7, 11) is 0. The van der Waals surface area contributed by atoms with E-state index in [-0.39, 0.29) is 16.6 Å². The smallest absolute Gasteiger partial charge is 0.335 e. The molecule has 0 saturated heterocycles. The first kappa shape index (κ1) is 15.0. The molecule has 0 unspecified atom stereocenters. The molecule has 23 heavy (non-hydrogen) atoms. The molecule has 0 bridgehead atoms. The second-order valence-corrected chi connectivity index (χ2v) is 5.10. The second kappa shape index (κ2) is 5.39. The van der Waals surface area contributed by atoms with E-state index in [2.05, 4.69) is 4.98 Å². The molecule has 0 fully saturated rings. The van der Waals surface area contributed by atoms with Gasteiger partial charge in [0.25, 0.3) is 0 Å². The van der Waals surface area contributed by atoms with Crippen LogP contribution in [0.4, 0.5) is 13.2 Å². The Morgan fingerprint density at radius 3 is 2.30 bits per heavy atom. The monoisotopic (exact) mass is 317 g/mol. The van der Waals surface area contributed by atoms with Gasteiger partial charge in [-0.15, -0.1) is 0 Å². The number of aryl methyl sites for hydroxylation is 1. The van der Waals surface area contributed by atoms with Gasteiger partial charge in [0.1, 0.15) is 17.5 Å². The van der Waals surface area contributed by atoms with Crippen molar-refractivity contribution in [3.63, 3.8) is 0 Å². The second-order valence-electron chi connectivity index (χ2n) is 5.10. The number of hydrogen-bond donors (Lipinski definition) is 1. The third-order valence-electron chi connectivity index (χ3n) is 3.45. The van der Waals surface area contributed by atoms with Crippen molar-refractivity contribution in [3.05, 3.63) is 65.1 Å². The predicted octanol–water partition coefficient (Wildman–Crippen LogP) is 4.33. The minimum absolute atomic E-state index is 0.0349. The van der Waals surface area contributed by atoms with Gasteiger partial charge in [-0.2, -0.15) is 0 Å². The molecule has 0 spiro atoms. The molecule has 6 heteroatoms. The van der Waals surface area contributed by atoms with Crippen molar-refractivity contribution in [1.29, 1.82) is 0 Å². The minimum Gasteiger partial charge on any atom is -0.478 e. The van der Waals surface area contributed by atoms with Gasteiger partial charge in [-0.3, -0.25) is 4.98 Å². The van der Waals surface area contributed by atoms with E-state index in [1.165, 1.54) is 18.2 Å². The summed E-state index contributed by atoms with van der Waals surface area (Å²) in [6.45, 7) is 1.65. The number of carboxylic acid groups (broad SMARTS) is 1. The van der Waals surface area contributed by atoms with Gasteiger partial charge in [0.2, 0.25) is 0 Å². The number of aromatic nitrogens is 1. The molecule has 3 rings (SSSR count). The Labute approximate surface area is 129 Å². The number of fused-ring (bicyclic) bond motifs is 1. The molecule has 0 amide bonds. The van der Waals surface area contributed by atoms with E-state index >= 15 is 0 Å². The van der Waals surface area contributed by atoms with Crippen LogP contribution in [0.3, 0.4) is 0 Å². The molecule has 3 aromatic rings. The number of aromatic carboxylic acids is 1. The van der Waals surface area contributed by atoms with Crippen LogP contribution < -0.4 is 0 Å². The summed E-state index contributed by atoms with van der Waals surface area (Å²) in [4.78, 5) is 15.2. The van der Waals surface area contributed by atoms with Crippen LogP contribution in [-0.2, 0) is 0 Å². The molecule has 0 aliphatic carbocycles. The van der Waals surface area contributed by atoms with Crippen LogP contribution in [0.25, 0.3) is 22.0 Å². The summed E-state index contributed by atoms with van der Waals surface area (Å²) in [6.07, 6.45) is 0. The first-order valence-electron chi connectivity index (χ1n) is 6.66. The summed E-state index contributed by atoms with van der Waals surface area (Å²) in [5, 5.41) is 9.95. The molecule has 1 aromatic heterocycles. The van der Waals surface area contributed by atoms with Crippen LogP contribution in [0.5, 0.6) is 0 Å². The van der Waals surface area contributed by atoms with Gasteiger partial charge < -0.3 is 5.11 Å². The first-order valence-corrected chi connectivity index (χ1v) is 6.66. The Hall–Kier alpha value is -2.89. The van der Waals surface area contributed by atoms with Gasteiger partial charge >= 0.3 is 5.97 Å². The summed E-state index contributed by atoms with van der Waals surface area (Å²) in [5.41, 5.74) is -0.0771. The zero-order valence-corrected chi connectivity index (χ0v) is 11.9. The average molecular weight is 317 g/mol. The van der Waals surface area contributed by atoms with Gasteiger partial charge in [0.15, 0.2) is 0 Å². The molecular weight excluding hydrogens is 307 g/mol. The van der Waals surface area contributed by atoms with Gasteiger partial charge in [0.05, 0.1) is 16.8 Å². The number of carbonyl (C=O) groups is 1. The predicted molar refractivity (Wildman–Crippen MR) is 78.7 cm³/mol. The molecule has 0 atom stereocenters. The fourth-order valence-electron chi connectivity index (χ4n) is 2.47. The van der Waals surface area contributed by atoms with E-state index in [1.54, 1.807) is 13.0 Å². The van der Waals surface area contributed by atoms with Crippen LogP contribution in [0.15, 0.2) is 36.4 Å². The number of carboxylic acids is 1. The van der Waals surface area contributed by atoms with Crippen molar-refractivity contribution in [2.45, 2.75) is 6.92 Å². The third kappa shape index (κ3) is 2.63. The lowest BCUT2D eigenvalue weighted by Crippen LogP contribution is -2.00. The molecule has 116 valence electrons. The van der Waals surface area contributed by atoms with Gasteiger partial charge in [-0.25, -0.2) is 18.0 Å². The highest BCUT2D eigenvalue weighted by Gasteiger charge is 2.18. The van der Waals surface area contributed by atoms with E-state index in [1.807, 2.05) is 0 Å². The van der Waals surface area contributed by atoms with Crippen LogP contribution >= 0.6 is 0 Å². The SMILES string of the molecule is Cc1cc2ccc(C(=O)O)cc2c(-c2c(F)cc(F)cc2F)n1. The quantitative estimate of drug-likeness (QED) is 0.765. The van der Waals surface area contributed by atoms with Gasteiger partial charge in [-0.05, 0) is 30.5 Å². The fraction of sp³-hybridized carbons (Fsp3) is 0.0588. The lowest BCUT2D eigenvalue weighted by Gasteiger charge is -2.10. The maximum atomic E-state index is 14.1. The summed E-state index contributed by atoms with van der Waals surface area (Å²) < 4.78 is 41.3. The summed E-state index contributed by atoms with van der Waals surface area (Å²) in [6, 6.07) is 7.03. The Morgan fingerprint density at radius 2 is 1.70 bits per heavy atom. The van der Waals surface area contributed by atoms with E-state index in [0.717, 1.165) is 0 Å². The van der Waals surface area contributed by atoms with Crippen LogP contribution in [-0.4, -0.2) is 16.1 Å². The van der Waals surface area contributed by atoms with Gasteiger partial charge in [0, 0.05) is 23.2 Å². The number of nitrogens with zero attached hydrogens (tertiary/aromatic N) is 1. The number of rotatable bonds is 2. The van der Waals surface area contributed by atoms with Crippen molar-refractivity contribution in [3.8, 4) is 11.3 Å². The van der Waals surface area contributed by atoms with Crippen molar-refractivity contribution >= 4 is 16.7 Å². The molecule has 3 nitrogen and oxygen atoms in total. The molecule has 0 saturated carbocycles. The summed E-state index contributed by atoms with van der Waals surface area (Å²) in [5.74, 6) is -4.39. The average Bonchev–Trinajstić information content (AvgIpc) is 2.45. The van der Waals surface area contributed by atoms with Crippen molar-refractivity contribution in [2.24, 2.45) is 0 Å². The third-order valence-corrected chi connectivity index (χ3v) is 3.45. The van der Waals surface area contributed by atoms with E-state index < -0.39 is 29.0 Å². The molecule has 2 aromatic carbocycles. The topological polar surface area (TPSA) is 50.2 Å². The number of pyridine rings is 1. The Bertz CT molecular complexity index is 931. The highest BCUT2D eigenvalue weighted by atomic mass is 19.1. The van der Waals surface area contributed by atoms with Crippen molar-refractivity contribution < 1.29 is 23.1 Å². The highest BCUT2D eigenvalue weighted by Crippen LogP contribution is 2.32. The molecule has 1 heterocycles. The van der Waals surface area contributed by atoms with E-state index in [9.17, 15) is 18.0 Å². The number of hydrogen-bond acceptors (Lipinski definition) is 2. The molecule has 0 radical (unpaired) electrons. The Kier molecular flexibility index (Phi) is 3.52. The lowest BCUT2D eigenvalue weighted by molar-refractivity contribution is 0.0697. The zero-order valence-electron chi connectivity index (χ0n) is 11.9. The largest absolute Gasteiger partial charge is 0.478 e. The van der Waals surface area contributed by atoms with Crippen molar-refractivity contribution in [1.82, 2.24) is 4.98 Å². The number of benzene rings is 2. The normalized spacial score (nSPS) is 11.0. The van der Waals surface area contributed by atoms with Gasteiger partial charge in [-0.1, -0.05) is 6.07 Å². The highest BCUT2D eigenvalue weighted by molar-refractivity contribution is 6.00. The molecule has 0 aliphatic heterocycles. The molecule has 0 aliphatic rings. The molecule has 1 N–H and O–H groups in total. The Morgan fingerprint density at radius 1 is 1.04 bits per heavy atom. The summed E-state index contributed by atoms with van der Waals surface area (Å²) >= 11 is 0. The minimum atomic E-state index is -1.17. The maximum absolute atomic E-state index is 14.1. The van der Waals surface area contributed by atoms with Crippen LogP contribution in [0.1, 0.15) is 16.1 Å². The maximum Gasteiger partial charge on any atom is 0.335 e. The van der Waals surface area contributed by atoms with E-state index in [0.29, 0.717) is 23.2 Å². The van der Waals surface area contributed by atoms with Crippen LogP contribution in [0.2, 0.25) is 0 Å². The lowest BCUT2D eigenvalue weighted by atomic mass is 10.00. The van der Waals surface area contributed by atoms with E-state index in [4.69, 9.17) is 5.11 Å². The Balaban J connectivity index is 2.41. The fourth-order valence-corrected chi connectivity index (χ4v) is 2.47.